The van der Waals surface area contributed by atoms with Gasteiger partial charge < -0.3 is 19.3 Å². The number of rotatable bonds is 5. The Morgan fingerprint density at radius 1 is 0.688 bits per heavy atom. The van der Waals surface area contributed by atoms with Crippen molar-refractivity contribution >= 4 is 29.1 Å². The molecule has 0 aliphatic carbocycles. The molecule has 1 aliphatic heterocycles. The zero-order valence-corrected chi connectivity index (χ0v) is 17.9. The van der Waals surface area contributed by atoms with Gasteiger partial charge in [0.1, 0.15) is 11.5 Å². The molecule has 1 N–H and O–H groups in total. The lowest BCUT2D eigenvalue weighted by Crippen LogP contribution is -2.46. The molecule has 1 aliphatic rings. The summed E-state index contributed by atoms with van der Waals surface area (Å²) < 4.78 is 10.3. The van der Waals surface area contributed by atoms with Crippen molar-refractivity contribution in [3.05, 3.63) is 78.9 Å². The van der Waals surface area contributed by atoms with E-state index in [1.54, 1.807) is 12.1 Å². The van der Waals surface area contributed by atoms with Gasteiger partial charge in [0.2, 0.25) is 0 Å². The lowest BCUT2D eigenvalue weighted by molar-refractivity contribution is -0.131. The number of anilines is 3. The highest BCUT2D eigenvalue weighted by molar-refractivity contribution is 5.86. The van der Waals surface area contributed by atoms with E-state index in [0.29, 0.717) is 17.2 Å². The predicted octanol–water partition coefficient (Wildman–Crippen LogP) is 4.55. The number of piperazine rings is 1. The van der Waals surface area contributed by atoms with Crippen molar-refractivity contribution in [1.29, 1.82) is 0 Å². The van der Waals surface area contributed by atoms with Gasteiger partial charge in [0, 0.05) is 50.2 Å². The van der Waals surface area contributed by atoms with Crippen LogP contribution in [-0.4, -0.2) is 38.2 Å². The summed E-state index contributed by atoms with van der Waals surface area (Å²) in [5.41, 5.74) is 2.90. The zero-order chi connectivity index (χ0) is 22.3. The topological polar surface area (TPSA) is 71.1 Å². The van der Waals surface area contributed by atoms with Crippen LogP contribution in [0, 0.1) is 0 Å². The minimum absolute atomic E-state index is 0.319. The molecular formula is C25H25N3O4. The number of hydrogen-bond donors (Lipinski definition) is 1. The van der Waals surface area contributed by atoms with E-state index in [9.17, 15) is 9.59 Å². The normalized spacial score (nSPS) is 13.4. The van der Waals surface area contributed by atoms with Gasteiger partial charge in [0.05, 0.1) is 0 Å². The molecule has 7 nitrogen and oxygen atoms in total. The van der Waals surface area contributed by atoms with Crippen LogP contribution in [0.3, 0.4) is 0 Å². The van der Waals surface area contributed by atoms with Gasteiger partial charge in [-0.05, 0) is 60.7 Å². The van der Waals surface area contributed by atoms with Crippen LogP contribution in [0.5, 0.6) is 11.5 Å². The number of ether oxygens (including phenoxy) is 2. The van der Waals surface area contributed by atoms with Crippen LogP contribution in [0.4, 0.5) is 21.9 Å². The van der Waals surface area contributed by atoms with Crippen LogP contribution >= 0.6 is 0 Å². The highest BCUT2D eigenvalue weighted by Gasteiger charge is 2.18. The maximum atomic E-state index is 12.0. The molecule has 3 aromatic carbocycles. The molecule has 0 saturated carbocycles. The van der Waals surface area contributed by atoms with Crippen LogP contribution in [0.15, 0.2) is 78.9 Å². The summed E-state index contributed by atoms with van der Waals surface area (Å²) in [5.74, 6) is 0.738. The van der Waals surface area contributed by atoms with E-state index in [1.165, 1.54) is 6.92 Å². The monoisotopic (exact) mass is 431 g/mol. The van der Waals surface area contributed by atoms with Crippen molar-refractivity contribution in [2.45, 2.75) is 6.92 Å². The molecule has 32 heavy (non-hydrogen) atoms. The standard InChI is InChI=1S/C25H25N3O4/c1-19(29)31-24-13-11-22(12-14-24)28-17-15-27(16-18-28)21-9-7-20(8-10-21)26-25(30)32-23-5-3-2-4-6-23/h2-14H,15-18H2,1H3,(H,26,30). The Kier molecular flexibility index (Phi) is 6.55. The molecule has 1 amide bonds. The van der Waals surface area contributed by atoms with E-state index in [2.05, 4.69) is 15.1 Å². The molecule has 1 fully saturated rings. The van der Waals surface area contributed by atoms with Gasteiger partial charge in [-0.1, -0.05) is 18.2 Å². The second kappa shape index (κ2) is 9.87. The SMILES string of the molecule is CC(=O)Oc1ccc(N2CCN(c3ccc(NC(=O)Oc4ccccc4)cc3)CC2)cc1. The van der Waals surface area contributed by atoms with E-state index < -0.39 is 6.09 Å². The summed E-state index contributed by atoms with van der Waals surface area (Å²) in [6.07, 6.45) is -0.516. The van der Waals surface area contributed by atoms with Gasteiger partial charge in [-0.25, -0.2) is 4.79 Å². The van der Waals surface area contributed by atoms with Gasteiger partial charge in [0.15, 0.2) is 0 Å². The number of para-hydroxylation sites is 1. The van der Waals surface area contributed by atoms with E-state index in [4.69, 9.17) is 9.47 Å². The van der Waals surface area contributed by atoms with E-state index in [0.717, 1.165) is 37.6 Å². The fraction of sp³-hybridized carbons (Fsp3) is 0.200. The Morgan fingerprint density at radius 2 is 1.19 bits per heavy atom. The largest absolute Gasteiger partial charge is 0.427 e. The van der Waals surface area contributed by atoms with Gasteiger partial charge >= 0.3 is 12.1 Å². The highest BCUT2D eigenvalue weighted by Crippen LogP contribution is 2.24. The molecule has 1 heterocycles. The zero-order valence-electron chi connectivity index (χ0n) is 17.9. The van der Waals surface area contributed by atoms with Gasteiger partial charge in [0.25, 0.3) is 0 Å². The number of amides is 1. The molecule has 0 radical (unpaired) electrons. The van der Waals surface area contributed by atoms with Crippen LogP contribution in [0.25, 0.3) is 0 Å². The quantitative estimate of drug-likeness (QED) is 0.472. The van der Waals surface area contributed by atoms with E-state index in [1.807, 2.05) is 66.7 Å². The van der Waals surface area contributed by atoms with Crippen LogP contribution in [-0.2, 0) is 4.79 Å². The number of nitrogens with zero attached hydrogens (tertiary/aromatic N) is 2. The summed E-state index contributed by atoms with van der Waals surface area (Å²) in [5, 5.41) is 2.75. The third-order valence-corrected chi connectivity index (χ3v) is 5.18. The predicted molar refractivity (Wildman–Crippen MR) is 125 cm³/mol. The van der Waals surface area contributed by atoms with Gasteiger partial charge in [-0.3, -0.25) is 10.1 Å². The van der Waals surface area contributed by atoms with Crippen molar-refractivity contribution in [3.8, 4) is 11.5 Å². The number of nitrogens with one attached hydrogen (secondary N) is 1. The summed E-state index contributed by atoms with van der Waals surface area (Å²) in [6, 6.07) is 24.3. The average molecular weight is 431 g/mol. The molecule has 4 rings (SSSR count). The summed E-state index contributed by atoms with van der Waals surface area (Å²) >= 11 is 0. The Bertz CT molecular complexity index is 1040. The van der Waals surface area contributed by atoms with Crippen LogP contribution < -0.4 is 24.6 Å². The Hall–Kier alpha value is -4.00. The number of carbonyl (C=O) groups is 2. The maximum Gasteiger partial charge on any atom is 0.417 e. The molecule has 0 atom stereocenters. The molecule has 0 unspecified atom stereocenters. The molecule has 1 saturated heterocycles. The molecule has 0 spiro atoms. The van der Waals surface area contributed by atoms with Crippen LogP contribution in [0.1, 0.15) is 6.92 Å². The Labute approximate surface area is 187 Å². The van der Waals surface area contributed by atoms with Crippen molar-refractivity contribution in [3.63, 3.8) is 0 Å². The molecule has 7 heteroatoms. The number of esters is 1. The fourth-order valence-electron chi connectivity index (χ4n) is 3.61. The molecule has 164 valence electrons. The van der Waals surface area contributed by atoms with Gasteiger partial charge in [-0.2, -0.15) is 0 Å². The Balaban J connectivity index is 1.28. The number of benzene rings is 3. The number of hydrogen-bond acceptors (Lipinski definition) is 6. The molecule has 3 aromatic rings. The summed E-state index contributed by atoms with van der Waals surface area (Å²) in [4.78, 5) is 27.7. The molecular weight excluding hydrogens is 406 g/mol. The minimum atomic E-state index is -0.516. The van der Waals surface area contributed by atoms with Crippen LogP contribution in [0.2, 0.25) is 0 Å². The third-order valence-electron chi connectivity index (χ3n) is 5.18. The van der Waals surface area contributed by atoms with Crippen molar-refractivity contribution in [2.24, 2.45) is 0 Å². The van der Waals surface area contributed by atoms with E-state index in [-0.39, 0.29) is 5.97 Å². The highest BCUT2D eigenvalue weighted by atomic mass is 16.6. The Morgan fingerprint density at radius 3 is 1.72 bits per heavy atom. The minimum Gasteiger partial charge on any atom is -0.427 e. The number of carbonyl (C=O) groups excluding carboxylic acids is 2. The first kappa shape index (κ1) is 21.2. The third kappa shape index (κ3) is 5.57. The lowest BCUT2D eigenvalue weighted by atomic mass is 10.2. The maximum absolute atomic E-state index is 12.0. The molecule has 0 bridgehead atoms. The first-order chi connectivity index (χ1) is 15.6. The summed E-state index contributed by atoms with van der Waals surface area (Å²) in [6.45, 7) is 4.93. The van der Waals surface area contributed by atoms with Gasteiger partial charge in [-0.15, -0.1) is 0 Å². The molecule has 0 aromatic heterocycles. The van der Waals surface area contributed by atoms with Crippen molar-refractivity contribution < 1.29 is 19.1 Å². The summed E-state index contributed by atoms with van der Waals surface area (Å²) in [7, 11) is 0. The van der Waals surface area contributed by atoms with Crippen molar-refractivity contribution in [2.75, 3.05) is 41.3 Å². The van der Waals surface area contributed by atoms with E-state index >= 15 is 0 Å². The lowest BCUT2D eigenvalue weighted by Gasteiger charge is -2.37. The smallest absolute Gasteiger partial charge is 0.417 e. The first-order valence-electron chi connectivity index (χ1n) is 10.5. The first-order valence-corrected chi connectivity index (χ1v) is 10.5. The second-order valence-electron chi connectivity index (χ2n) is 7.44. The second-order valence-corrected chi connectivity index (χ2v) is 7.44. The fourth-order valence-corrected chi connectivity index (χ4v) is 3.61. The van der Waals surface area contributed by atoms with Crippen molar-refractivity contribution in [1.82, 2.24) is 0 Å². The average Bonchev–Trinajstić information content (AvgIpc) is 2.80.